The van der Waals surface area contributed by atoms with Gasteiger partial charge in [0, 0.05) is 35.0 Å². The fourth-order valence-corrected chi connectivity index (χ4v) is 2.20. The maximum absolute atomic E-state index is 12.3. The van der Waals surface area contributed by atoms with Crippen molar-refractivity contribution in [2.45, 2.75) is 6.42 Å². The zero-order chi connectivity index (χ0) is 13.2. The first-order valence-electron chi connectivity index (χ1n) is 6.04. The highest BCUT2D eigenvalue weighted by molar-refractivity contribution is 6.24. The average Bonchev–Trinajstić information content (AvgIpc) is 2.46. The van der Waals surface area contributed by atoms with Gasteiger partial charge < -0.3 is 0 Å². The van der Waals surface area contributed by atoms with Crippen LogP contribution in [0.15, 0.2) is 60.3 Å². The summed E-state index contributed by atoms with van der Waals surface area (Å²) in [5, 5.41) is 0. The van der Waals surface area contributed by atoms with Crippen LogP contribution >= 0.6 is 0 Å². The van der Waals surface area contributed by atoms with Gasteiger partial charge in [0.15, 0.2) is 11.6 Å². The highest BCUT2D eigenvalue weighted by Crippen LogP contribution is 2.22. The molecule has 0 saturated heterocycles. The van der Waals surface area contributed by atoms with E-state index < -0.39 is 0 Å². The van der Waals surface area contributed by atoms with Crippen molar-refractivity contribution in [1.82, 2.24) is 4.98 Å². The third kappa shape index (κ3) is 2.10. The summed E-state index contributed by atoms with van der Waals surface area (Å²) in [5.41, 5.74) is 2.26. The highest BCUT2D eigenvalue weighted by Gasteiger charge is 2.24. The van der Waals surface area contributed by atoms with Crippen LogP contribution in [0.1, 0.15) is 26.4 Å². The van der Waals surface area contributed by atoms with E-state index in [0.29, 0.717) is 23.1 Å². The maximum Gasteiger partial charge on any atom is 0.190 e. The second-order valence-corrected chi connectivity index (χ2v) is 4.41. The number of carbonyl (C=O) groups is 2. The van der Waals surface area contributed by atoms with Crippen LogP contribution in [0, 0.1) is 0 Å². The molecule has 1 aromatic heterocycles. The predicted molar refractivity (Wildman–Crippen MR) is 71.1 cm³/mol. The Labute approximate surface area is 110 Å². The van der Waals surface area contributed by atoms with Crippen molar-refractivity contribution in [1.29, 1.82) is 0 Å². The second-order valence-electron chi connectivity index (χ2n) is 4.41. The van der Waals surface area contributed by atoms with Crippen LogP contribution in [0.5, 0.6) is 0 Å². The number of aromatic nitrogens is 1. The molecule has 19 heavy (non-hydrogen) atoms. The van der Waals surface area contributed by atoms with Gasteiger partial charge in [0.1, 0.15) is 0 Å². The van der Waals surface area contributed by atoms with E-state index in [9.17, 15) is 9.59 Å². The molecule has 1 aromatic carbocycles. The van der Waals surface area contributed by atoms with E-state index >= 15 is 0 Å². The monoisotopic (exact) mass is 249 g/mol. The number of hydrogen-bond donors (Lipinski definition) is 0. The van der Waals surface area contributed by atoms with Crippen molar-refractivity contribution >= 4 is 11.6 Å². The van der Waals surface area contributed by atoms with Crippen molar-refractivity contribution in [2.24, 2.45) is 0 Å². The zero-order valence-electron chi connectivity index (χ0n) is 10.2. The van der Waals surface area contributed by atoms with E-state index in [1.165, 1.54) is 6.08 Å². The van der Waals surface area contributed by atoms with E-state index in [2.05, 4.69) is 4.98 Å². The standard InChI is InChI=1S/C16H11NO2/c18-15-10-11(9-12-5-3-4-8-17-12)16(19)14-7-2-1-6-13(14)15/h1-8,10H,9H2. The maximum atomic E-state index is 12.3. The smallest absolute Gasteiger partial charge is 0.190 e. The summed E-state index contributed by atoms with van der Waals surface area (Å²) >= 11 is 0. The minimum absolute atomic E-state index is 0.0825. The Balaban J connectivity index is 1.97. The van der Waals surface area contributed by atoms with Gasteiger partial charge in [-0.15, -0.1) is 0 Å². The predicted octanol–water partition coefficient (Wildman–Crippen LogP) is 2.63. The number of benzene rings is 1. The fourth-order valence-electron chi connectivity index (χ4n) is 2.20. The minimum atomic E-state index is -0.110. The summed E-state index contributed by atoms with van der Waals surface area (Å²) in [6.45, 7) is 0. The topological polar surface area (TPSA) is 47.0 Å². The Morgan fingerprint density at radius 3 is 2.37 bits per heavy atom. The molecule has 3 nitrogen and oxygen atoms in total. The Bertz CT molecular complexity index is 687. The average molecular weight is 249 g/mol. The van der Waals surface area contributed by atoms with Crippen LogP contribution in [-0.2, 0) is 6.42 Å². The fraction of sp³-hybridized carbons (Fsp3) is 0.0625. The summed E-state index contributed by atoms with van der Waals surface area (Å²) in [5.74, 6) is -0.193. The summed E-state index contributed by atoms with van der Waals surface area (Å²) in [7, 11) is 0. The number of fused-ring (bicyclic) bond motifs is 1. The number of allylic oxidation sites excluding steroid dienone is 2. The molecule has 0 aliphatic heterocycles. The number of hydrogen-bond acceptors (Lipinski definition) is 3. The molecule has 0 saturated carbocycles. The Kier molecular flexibility index (Phi) is 2.80. The molecule has 0 atom stereocenters. The van der Waals surface area contributed by atoms with Gasteiger partial charge in [0.2, 0.25) is 0 Å². The van der Waals surface area contributed by atoms with Crippen LogP contribution in [0.25, 0.3) is 0 Å². The lowest BCUT2D eigenvalue weighted by molar-refractivity contribution is 0.0982. The number of pyridine rings is 1. The van der Waals surface area contributed by atoms with Gasteiger partial charge >= 0.3 is 0 Å². The van der Waals surface area contributed by atoms with Crippen molar-refractivity contribution in [3.05, 3.63) is 77.1 Å². The SMILES string of the molecule is O=C1C=C(Cc2ccccn2)C(=O)c2ccccc21. The summed E-state index contributed by atoms with van der Waals surface area (Å²) in [4.78, 5) is 28.5. The number of rotatable bonds is 2. The quantitative estimate of drug-likeness (QED) is 0.822. The normalized spacial score (nSPS) is 14.0. The van der Waals surface area contributed by atoms with Crippen molar-refractivity contribution < 1.29 is 9.59 Å². The van der Waals surface area contributed by atoms with Gasteiger partial charge in [-0.3, -0.25) is 14.6 Å². The summed E-state index contributed by atoms with van der Waals surface area (Å²) in [6, 6.07) is 12.5. The number of Topliss-reactive ketones (excluding diaryl/α,β-unsaturated/α-hetero) is 1. The van der Waals surface area contributed by atoms with Crippen LogP contribution in [0.2, 0.25) is 0 Å². The van der Waals surface area contributed by atoms with Crippen molar-refractivity contribution in [3.8, 4) is 0 Å². The molecule has 0 N–H and O–H groups in total. The number of ketones is 2. The molecule has 1 heterocycles. The van der Waals surface area contributed by atoms with Gasteiger partial charge in [-0.05, 0) is 18.2 Å². The minimum Gasteiger partial charge on any atom is -0.289 e. The van der Waals surface area contributed by atoms with E-state index in [-0.39, 0.29) is 11.6 Å². The Morgan fingerprint density at radius 2 is 1.63 bits per heavy atom. The molecule has 0 unspecified atom stereocenters. The van der Waals surface area contributed by atoms with Crippen molar-refractivity contribution in [2.75, 3.05) is 0 Å². The molecule has 0 spiro atoms. The molecule has 3 rings (SSSR count). The molecule has 0 fully saturated rings. The molecule has 92 valence electrons. The molecule has 1 aliphatic carbocycles. The van der Waals surface area contributed by atoms with Crippen LogP contribution < -0.4 is 0 Å². The largest absolute Gasteiger partial charge is 0.289 e. The van der Waals surface area contributed by atoms with Crippen molar-refractivity contribution in [3.63, 3.8) is 0 Å². The zero-order valence-corrected chi connectivity index (χ0v) is 10.2. The lowest BCUT2D eigenvalue weighted by Gasteiger charge is -2.14. The van der Waals surface area contributed by atoms with Gasteiger partial charge in [-0.25, -0.2) is 0 Å². The Hall–Kier alpha value is -2.55. The second kappa shape index (κ2) is 4.61. The number of carbonyl (C=O) groups excluding carboxylic acids is 2. The van der Waals surface area contributed by atoms with Gasteiger partial charge in [0.05, 0.1) is 0 Å². The van der Waals surface area contributed by atoms with Gasteiger partial charge in [-0.2, -0.15) is 0 Å². The molecule has 2 aromatic rings. The lowest BCUT2D eigenvalue weighted by atomic mass is 9.87. The van der Waals surface area contributed by atoms with E-state index in [1.54, 1.807) is 30.5 Å². The first-order valence-corrected chi connectivity index (χ1v) is 6.04. The van der Waals surface area contributed by atoms with E-state index in [0.717, 1.165) is 5.69 Å². The molecular formula is C16H11NO2. The molecule has 0 bridgehead atoms. The molecule has 0 radical (unpaired) electrons. The van der Waals surface area contributed by atoms with Crippen LogP contribution in [0.3, 0.4) is 0 Å². The summed E-state index contributed by atoms with van der Waals surface area (Å²) in [6.07, 6.45) is 3.50. The van der Waals surface area contributed by atoms with Gasteiger partial charge in [-0.1, -0.05) is 30.3 Å². The third-order valence-corrected chi connectivity index (χ3v) is 3.13. The van der Waals surface area contributed by atoms with Crippen LogP contribution in [0.4, 0.5) is 0 Å². The molecule has 0 amide bonds. The van der Waals surface area contributed by atoms with E-state index in [1.807, 2.05) is 18.2 Å². The first kappa shape index (κ1) is 11.5. The Morgan fingerprint density at radius 1 is 0.895 bits per heavy atom. The first-order chi connectivity index (χ1) is 9.25. The molecule has 1 aliphatic rings. The number of nitrogens with zero attached hydrogens (tertiary/aromatic N) is 1. The van der Waals surface area contributed by atoms with E-state index in [4.69, 9.17) is 0 Å². The lowest BCUT2D eigenvalue weighted by Crippen LogP contribution is -2.18. The summed E-state index contributed by atoms with van der Waals surface area (Å²) < 4.78 is 0. The molecule has 3 heteroatoms. The van der Waals surface area contributed by atoms with Gasteiger partial charge in [0.25, 0.3) is 0 Å². The molecular weight excluding hydrogens is 238 g/mol. The third-order valence-electron chi connectivity index (χ3n) is 3.13. The highest BCUT2D eigenvalue weighted by atomic mass is 16.1. The van der Waals surface area contributed by atoms with Crippen LogP contribution in [-0.4, -0.2) is 16.6 Å².